The van der Waals surface area contributed by atoms with Gasteiger partial charge < -0.3 is 10.1 Å². The van der Waals surface area contributed by atoms with Gasteiger partial charge >= 0.3 is 0 Å². The normalized spacial score (nSPS) is 23.2. The van der Waals surface area contributed by atoms with Crippen LogP contribution in [0, 0.1) is 0 Å². The van der Waals surface area contributed by atoms with Crippen molar-refractivity contribution in [3.8, 4) is 0 Å². The van der Waals surface area contributed by atoms with Crippen LogP contribution in [0.1, 0.15) is 46.5 Å². The molecule has 108 valence electrons. The predicted octanol–water partition coefficient (Wildman–Crippen LogP) is 1.75. The van der Waals surface area contributed by atoms with Crippen molar-refractivity contribution in [2.24, 2.45) is 0 Å². The number of rotatable bonds is 7. The number of nitrogens with one attached hydrogen (secondary N) is 1. The van der Waals surface area contributed by atoms with Gasteiger partial charge in [0.2, 0.25) is 0 Å². The minimum atomic E-state index is -3.07. The number of ether oxygens (including phenoxy) is 1. The van der Waals surface area contributed by atoms with Crippen molar-refractivity contribution in [1.29, 1.82) is 0 Å². The predicted molar refractivity (Wildman–Crippen MR) is 74.6 cm³/mol. The lowest BCUT2D eigenvalue weighted by atomic mass is 9.96. The summed E-state index contributed by atoms with van der Waals surface area (Å²) in [7, 11) is -3.07. The van der Waals surface area contributed by atoms with E-state index in [1.807, 2.05) is 20.8 Å². The smallest absolute Gasteiger partial charge is 0.154 e. The van der Waals surface area contributed by atoms with Gasteiger partial charge in [-0.2, -0.15) is 0 Å². The molecule has 0 amide bonds. The molecule has 0 aromatic rings. The monoisotopic (exact) mass is 277 g/mol. The minimum absolute atomic E-state index is 0.0123. The summed E-state index contributed by atoms with van der Waals surface area (Å²) in [4.78, 5) is 0. The molecule has 0 spiro atoms. The van der Waals surface area contributed by atoms with Crippen molar-refractivity contribution in [2.45, 2.75) is 63.3 Å². The topological polar surface area (TPSA) is 55.4 Å². The standard InChI is InChI=1S/C13H27NO3S/c1-5-14-12(13(2,3)18(4,15)16)9-8-11-7-6-10-17-11/h11-12,14H,5-10H2,1-4H3. The molecular weight excluding hydrogens is 250 g/mol. The molecule has 0 aromatic heterocycles. The summed E-state index contributed by atoms with van der Waals surface area (Å²) in [6, 6.07) is -0.0123. The average Bonchev–Trinajstić information content (AvgIpc) is 2.75. The minimum Gasteiger partial charge on any atom is -0.378 e. The Hall–Kier alpha value is -0.130. The summed E-state index contributed by atoms with van der Waals surface area (Å²) in [5.41, 5.74) is 0. The molecule has 1 N–H and O–H groups in total. The SMILES string of the molecule is CCNC(CCC1CCCO1)C(C)(C)S(C)(=O)=O. The highest BCUT2D eigenvalue weighted by atomic mass is 32.2. The molecule has 2 atom stereocenters. The van der Waals surface area contributed by atoms with Gasteiger partial charge in [-0.3, -0.25) is 0 Å². The third-order valence-electron chi connectivity index (χ3n) is 4.05. The Labute approximate surface area is 111 Å². The second-order valence-corrected chi connectivity index (χ2v) is 8.29. The molecule has 0 saturated carbocycles. The molecule has 2 unspecified atom stereocenters. The molecule has 4 nitrogen and oxygen atoms in total. The van der Waals surface area contributed by atoms with Crippen molar-refractivity contribution in [3.63, 3.8) is 0 Å². The van der Waals surface area contributed by atoms with E-state index in [9.17, 15) is 8.42 Å². The summed E-state index contributed by atoms with van der Waals surface area (Å²) in [6.45, 7) is 7.27. The van der Waals surface area contributed by atoms with Gasteiger partial charge in [-0.1, -0.05) is 6.92 Å². The molecule has 1 aliphatic rings. The summed E-state index contributed by atoms with van der Waals surface area (Å²) in [5, 5.41) is 3.32. The van der Waals surface area contributed by atoms with E-state index in [0.717, 1.165) is 38.8 Å². The first-order valence-corrected chi connectivity index (χ1v) is 8.72. The van der Waals surface area contributed by atoms with E-state index in [4.69, 9.17) is 4.74 Å². The van der Waals surface area contributed by atoms with Crippen LogP contribution in [0.15, 0.2) is 0 Å². The molecule has 5 heteroatoms. The van der Waals surface area contributed by atoms with Crippen LogP contribution in [-0.2, 0) is 14.6 Å². The maximum atomic E-state index is 11.9. The number of hydrogen-bond acceptors (Lipinski definition) is 4. The van der Waals surface area contributed by atoms with Crippen molar-refractivity contribution in [3.05, 3.63) is 0 Å². The third-order valence-corrected chi connectivity index (χ3v) is 6.24. The van der Waals surface area contributed by atoms with Gasteiger partial charge in [0.1, 0.15) is 0 Å². The zero-order valence-electron chi connectivity index (χ0n) is 12.0. The summed E-state index contributed by atoms with van der Waals surface area (Å²) in [6.07, 6.45) is 5.67. The Morgan fingerprint density at radius 3 is 2.56 bits per heavy atom. The maximum Gasteiger partial charge on any atom is 0.154 e. The molecular formula is C13H27NO3S. The van der Waals surface area contributed by atoms with Crippen LogP contribution in [0.4, 0.5) is 0 Å². The van der Waals surface area contributed by atoms with Crippen molar-refractivity contribution < 1.29 is 13.2 Å². The van der Waals surface area contributed by atoms with Gasteiger partial charge in [-0.05, 0) is 46.1 Å². The summed E-state index contributed by atoms with van der Waals surface area (Å²) in [5.74, 6) is 0. The largest absolute Gasteiger partial charge is 0.378 e. The number of sulfone groups is 1. The third kappa shape index (κ3) is 3.93. The molecule has 0 aromatic carbocycles. The molecule has 1 saturated heterocycles. The second kappa shape index (κ2) is 6.35. The lowest BCUT2D eigenvalue weighted by molar-refractivity contribution is 0.0984. The average molecular weight is 277 g/mol. The molecule has 1 heterocycles. The highest BCUT2D eigenvalue weighted by Gasteiger charge is 2.38. The van der Waals surface area contributed by atoms with Crippen LogP contribution in [-0.4, -0.2) is 44.7 Å². The zero-order chi connectivity index (χ0) is 13.8. The van der Waals surface area contributed by atoms with Gasteiger partial charge in [0.15, 0.2) is 9.84 Å². The van der Waals surface area contributed by atoms with E-state index in [2.05, 4.69) is 5.32 Å². The second-order valence-electron chi connectivity index (χ2n) is 5.70. The van der Waals surface area contributed by atoms with Crippen molar-refractivity contribution >= 4 is 9.84 Å². The highest BCUT2D eigenvalue weighted by Crippen LogP contribution is 2.26. The van der Waals surface area contributed by atoms with Crippen LogP contribution >= 0.6 is 0 Å². The van der Waals surface area contributed by atoms with Gasteiger partial charge in [-0.15, -0.1) is 0 Å². The van der Waals surface area contributed by atoms with Gasteiger partial charge in [-0.25, -0.2) is 8.42 Å². The van der Waals surface area contributed by atoms with E-state index < -0.39 is 14.6 Å². The van der Waals surface area contributed by atoms with Gasteiger partial charge in [0.25, 0.3) is 0 Å². The molecule has 0 aliphatic carbocycles. The summed E-state index contributed by atoms with van der Waals surface area (Å²) < 4.78 is 28.7. The molecule has 0 bridgehead atoms. The molecule has 0 radical (unpaired) electrons. The van der Waals surface area contributed by atoms with Crippen LogP contribution in [0.3, 0.4) is 0 Å². The van der Waals surface area contributed by atoms with Gasteiger partial charge in [0, 0.05) is 18.9 Å². The quantitative estimate of drug-likeness (QED) is 0.770. The lowest BCUT2D eigenvalue weighted by Gasteiger charge is -2.34. The Kier molecular flexibility index (Phi) is 5.62. The molecule has 1 aliphatic heterocycles. The van der Waals surface area contributed by atoms with E-state index in [-0.39, 0.29) is 6.04 Å². The molecule has 18 heavy (non-hydrogen) atoms. The highest BCUT2D eigenvalue weighted by molar-refractivity contribution is 7.92. The first-order valence-electron chi connectivity index (χ1n) is 6.83. The van der Waals surface area contributed by atoms with Crippen LogP contribution in [0.2, 0.25) is 0 Å². The first kappa shape index (κ1) is 15.9. The Morgan fingerprint density at radius 2 is 2.11 bits per heavy atom. The van der Waals surface area contributed by atoms with E-state index in [1.165, 1.54) is 6.26 Å². The molecule has 1 rings (SSSR count). The zero-order valence-corrected chi connectivity index (χ0v) is 12.8. The van der Waals surface area contributed by atoms with E-state index in [1.54, 1.807) is 0 Å². The first-order chi connectivity index (χ1) is 8.29. The van der Waals surface area contributed by atoms with E-state index >= 15 is 0 Å². The van der Waals surface area contributed by atoms with Crippen molar-refractivity contribution in [2.75, 3.05) is 19.4 Å². The lowest BCUT2D eigenvalue weighted by Crippen LogP contribution is -2.51. The Morgan fingerprint density at radius 1 is 1.44 bits per heavy atom. The summed E-state index contributed by atoms with van der Waals surface area (Å²) >= 11 is 0. The number of hydrogen-bond donors (Lipinski definition) is 1. The van der Waals surface area contributed by atoms with Crippen LogP contribution in [0.25, 0.3) is 0 Å². The van der Waals surface area contributed by atoms with Crippen molar-refractivity contribution in [1.82, 2.24) is 5.32 Å². The van der Waals surface area contributed by atoms with E-state index in [0.29, 0.717) is 6.10 Å². The van der Waals surface area contributed by atoms with Crippen LogP contribution in [0.5, 0.6) is 0 Å². The van der Waals surface area contributed by atoms with Crippen LogP contribution < -0.4 is 5.32 Å². The fourth-order valence-electron chi connectivity index (χ4n) is 2.42. The Balaban J connectivity index is 2.63. The Bertz CT molecular complexity index is 345. The fourth-order valence-corrected chi connectivity index (χ4v) is 3.14. The molecule has 1 fully saturated rings. The fraction of sp³-hybridized carbons (Fsp3) is 1.00. The van der Waals surface area contributed by atoms with Gasteiger partial charge in [0.05, 0.1) is 10.9 Å². The maximum absolute atomic E-state index is 11.9.